The van der Waals surface area contributed by atoms with Crippen LogP contribution in [0.3, 0.4) is 0 Å². The summed E-state index contributed by atoms with van der Waals surface area (Å²) in [5, 5.41) is 0. The zero-order valence-electron chi connectivity index (χ0n) is 13.7. The van der Waals surface area contributed by atoms with E-state index in [1.165, 1.54) is 5.56 Å². The Bertz CT molecular complexity index is 839. The summed E-state index contributed by atoms with van der Waals surface area (Å²) in [7, 11) is 0. The van der Waals surface area contributed by atoms with Crippen LogP contribution in [-0.4, -0.2) is 26.1 Å². The molecule has 1 aliphatic rings. The molecule has 124 valence electrons. The Labute approximate surface area is 140 Å². The number of hydrogen-bond donors (Lipinski definition) is 1. The first-order chi connectivity index (χ1) is 11.8. The number of hydrogen-bond acceptors (Lipinski definition) is 5. The molecule has 0 radical (unpaired) electrons. The van der Waals surface area contributed by atoms with E-state index in [0.717, 1.165) is 37.3 Å². The molecule has 6 nitrogen and oxygen atoms in total. The number of aromatic nitrogens is 4. The molecule has 0 saturated carbocycles. The Morgan fingerprint density at radius 1 is 1.29 bits per heavy atom. The van der Waals surface area contributed by atoms with Gasteiger partial charge in [-0.15, -0.1) is 0 Å². The maximum absolute atomic E-state index is 6.17. The highest BCUT2D eigenvalue weighted by atomic mass is 16.5. The third-order valence-electron chi connectivity index (χ3n) is 4.60. The van der Waals surface area contributed by atoms with Crippen LogP contribution in [-0.2, 0) is 4.74 Å². The molecule has 6 heteroatoms. The monoisotopic (exact) mass is 323 g/mol. The molecule has 1 saturated heterocycles. The van der Waals surface area contributed by atoms with E-state index in [2.05, 4.69) is 29.0 Å². The molecular weight excluding hydrogens is 302 g/mol. The van der Waals surface area contributed by atoms with Crippen LogP contribution in [0.5, 0.6) is 0 Å². The van der Waals surface area contributed by atoms with Gasteiger partial charge in [0.25, 0.3) is 0 Å². The maximum Gasteiger partial charge on any atom is 0.167 e. The average Bonchev–Trinajstić information content (AvgIpc) is 3.25. The minimum atomic E-state index is -0.00560. The number of nitrogens with zero attached hydrogens (tertiary/aromatic N) is 4. The van der Waals surface area contributed by atoms with Gasteiger partial charge in [0.2, 0.25) is 0 Å². The van der Waals surface area contributed by atoms with E-state index in [1.807, 2.05) is 22.8 Å². The van der Waals surface area contributed by atoms with Gasteiger partial charge in [0.05, 0.1) is 6.33 Å². The van der Waals surface area contributed by atoms with Crippen molar-refractivity contribution < 1.29 is 4.74 Å². The fourth-order valence-corrected chi connectivity index (χ4v) is 3.36. The molecule has 24 heavy (non-hydrogen) atoms. The van der Waals surface area contributed by atoms with Gasteiger partial charge < -0.3 is 10.5 Å². The van der Waals surface area contributed by atoms with Crippen molar-refractivity contribution >= 4 is 17.0 Å². The number of nitrogen functional groups attached to an aromatic ring is 1. The first-order valence-electron chi connectivity index (χ1n) is 8.44. The summed E-state index contributed by atoms with van der Waals surface area (Å²) in [6.45, 7) is 2.91. The number of benzene rings is 1. The van der Waals surface area contributed by atoms with Crippen molar-refractivity contribution in [1.82, 2.24) is 19.5 Å². The highest BCUT2D eigenvalue weighted by molar-refractivity contribution is 5.81. The van der Waals surface area contributed by atoms with E-state index in [9.17, 15) is 0 Å². The Hall–Kier alpha value is -2.47. The molecule has 2 aromatic heterocycles. The molecule has 2 atom stereocenters. The summed E-state index contributed by atoms with van der Waals surface area (Å²) in [6.07, 6.45) is 4.69. The molecule has 4 rings (SSSR count). The Morgan fingerprint density at radius 3 is 2.83 bits per heavy atom. The Morgan fingerprint density at radius 2 is 2.12 bits per heavy atom. The van der Waals surface area contributed by atoms with Crippen LogP contribution in [0.15, 0.2) is 36.7 Å². The van der Waals surface area contributed by atoms with E-state index >= 15 is 0 Å². The molecule has 0 bridgehead atoms. The van der Waals surface area contributed by atoms with Gasteiger partial charge in [-0.2, -0.15) is 0 Å². The van der Waals surface area contributed by atoms with E-state index in [0.29, 0.717) is 11.3 Å². The number of imidazole rings is 1. The number of nitrogens with two attached hydrogens (primary N) is 1. The first kappa shape index (κ1) is 15.1. The highest BCUT2D eigenvalue weighted by Crippen LogP contribution is 2.31. The summed E-state index contributed by atoms with van der Waals surface area (Å²) < 4.78 is 7.77. The number of ether oxygens (including phenoxy) is 1. The molecule has 1 aliphatic heterocycles. The Kier molecular flexibility index (Phi) is 3.90. The van der Waals surface area contributed by atoms with Gasteiger partial charge in [-0.1, -0.05) is 37.3 Å². The lowest BCUT2D eigenvalue weighted by Crippen LogP contribution is -2.11. The van der Waals surface area contributed by atoms with Gasteiger partial charge in [0.15, 0.2) is 11.5 Å². The molecule has 0 spiro atoms. The van der Waals surface area contributed by atoms with E-state index in [4.69, 9.17) is 15.5 Å². The maximum atomic E-state index is 6.17. The third-order valence-corrected chi connectivity index (χ3v) is 4.60. The van der Waals surface area contributed by atoms with Gasteiger partial charge in [-0.3, -0.25) is 4.57 Å². The van der Waals surface area contributed by atoms with Crippen LogP contribution >= 0.6 is 0 Å². The topological polar surface area (TPSA) is 78.8 Å². The minimum absolute atomic E-state index is 0.00560. The second-order valence-electron chi connectivity index (χ2n) is 6.13. The van der Waals surface area contributed by atoms with Crippen molar-refractivity contribution in [1.29, 1.82) is 0 Å². The molecule has 1 unspecified atom stereocenters. The molecule has 0 amide bonds. The molecular formula is C18H21N5O. The van der Waals surface area contributed by atoms with Crippen LogP contribution in [0.25, 0.3) is 11.2 Å². The third kappa shape index (κ3) is 2.53. The van der Waals surface area contributed by atoms with E-state index in [-0.39, 0.29) is 12.1 Å². The van der Waals surface area contributed by atoms with Crippen molar-refractivity contribution in [3.63, 3.8) is 0 Å². The van der Waals surface area contributed by atoms with Crippen LogP contribution in [0.4, 0.5) is 5.82 Å². The van der Waals surface area contributed by atoms with Crippen molar-refractivity contribution in [2.45, 2.75) is 38.3 Å². The number of anilines is 1. The smallest absolute Gasteiger partial charge is 0.167 e. The fourth-order valence-electron chi connectivity index (χ4n) is 3.36. The van der Waals surface area contributed by atoms with Crippen LogP contribution < -0.4 is 5.73 Å². The van der Waals surface area contributed by atoms with Gasteiger partial charge in [-0.25, -0.2) is 15.0 Å². The van der Waals surface area contributed by atoms with E-state index in [1.54, 1.807) is 6.33 Å². The van der Waals surface area contributed by atoms with Crippen molar-refractivity contribution in [3.05, 3.63) is 48.0 Å². The van der Waals surface area contributed by atoms with Crippen LogP contribution in [0.2, 0.25) is 0 Å². The summed E-state index contributed by atoms with van der Waals surface area (Å²) in [5.74, 6) is 1.29. The normalized spacial score (nSPS) is 19.0. The lowest BCUT2D eigenvalue weighted by molar-refractivity contribution is 0.0592. The number of fused-ring (bicyclic) bond motifs is 1. The largest absolute Gasteiger partial charge is 0.382 e. The quantitative estimate of drug-likeness (QED) is 0.797. The molecule has 3 heterocycles. The highest BCUT2D eigenvalue weighted by Gasteiger charge is 2.23. The average molecular weight is 323 g/mol. The summed E-state index contributed by atoms with van der Waals surface area (Å²) in [5.41, 5.74) is 8.78. The first-order valence-corrected chi connectivity index (χ1v) is 8.44. The molecule has 0 aliphatic carbocycles. The van der Waals surface area contributed by atoms with Crippen molar-refractivity contribution in [2.75, 3.05) is 12.3 Å². The van der Waals surface area contributed by atoms with Gasteiger partial charge in [-0.05, 0) is 24.8 Å². The number of rotatable bonds is 4. The minimum Gasteiger partial charge on any atom is -0.382 e. The van der Waals surface area contributed by atoms with Crippen LogP contribution in [0.1, 0.15) is 49.7 Å². The summed E-state index contributed by atoms with van der Waals surface area (Å²) >= 11 is 0. The summed E-state index contributed by atoms with van der Waals surface area (Å²) in [4.78, 5) is 13.8. The van der Waals surface area contributed by atoms with Gasteiger partial charge >= 0.3 is 0 Å². The van der Waals surface area contributed by atoms with Gasteiger partial charge in [0.1, 0.15) is 17.6 Å². The molecule has 1 aromatic carbocycles. The van der Waals surface area contributed by atoms with Crippen molar-refractivity contribution in [2.24, 2.45) is 0 Å². The lowest BCUT2D eigenvalue weighted by atomic mass is 9.95. The standard InChI is InChI=1S/C18H21N5O/c1-2-13(12-7-4-3-5-8-12)17-21-16(19)15-18(22-17)23(11-20-15)14-9-6-10-24-14/h3-5,7-8,11,13-14H,2,6,9-10H2,1H3,(H2,19,21,22)/t13-,14?/m0/s1. The Balaban J connectivity index is 1.82. The summed E-state index contributed by atoms with van der Waals surface area (Å²) in [6, 6.07) is 10.3. The lowest BCUT2D eigenvalue weighted by Gasteiger charge is -2.16. The zero-order chi connectivity index (χ0) is 16.5. The zero-order valence-corrected chi connectivity index (χ0v) is 13.7. The molecule has 1 fully saturated rings. The second-order valence-corrected chi connectivity index (χ2v) is 6.13. The van der Waals surface area contributed by atoms with Gasteiger partial charge in [0, 0.05) is 12.5 Å². The fraction of sp³-hybridized carbons (Fsp3) is 0.389. The van der Waals surface area contributed by atoms with Crippen molar-refractivity contribution in [3.8, 4) is 0 Å². The second kappa shape index (κ2) is 6.20. The SMILES string of the molecule is CC[C@@H](c1ccccc1)c1nc(N)c2ncn(C3CCCO3)c2n1. The molecule has 2 N–H and O–H groups in total. The predicted octanol–water partition coefficient (Wildman–Crippen LogP) is 3.26. The molecule has 3 aromatic rings. The predicted molar refractivity (Wildman–Crippen MR) is 92.5 cm³/mol. The van der Waals surface area contributed by atoms with Crippen LogP contribution in [0, 0.1) is 0 Å². The van der Waals surface area contributed by atoms with E-state index < -0.39 is 0 Å².